The van der Waals surface area contributed by atoms with Gasteiger partial charge in [-0.3, -0.25) is 4.79 Å². The Morgan fingerprint density at radius 1 is 1.10 bits per heavy atom. The molecule has 0 unspecified atom stereocenters. The lowest BCUT2D eigenvalue weighted by Gasteiger charge is -2.07. The Kier molecular flexibility index (Phi) is 5.72. The summed E-state index contributed by atoms with van der Waals surface area (Å²) in [5.41, 5.74) is 3.85. The van der Waals surface area contributed by atoms with Gasteiger partial charge in [0.05, 0.1) is 11.6 Å². The lowest BCUT2D eigenvalue weighted by Crippen LogP contribution is -2.20. The molecule has 1 N–H and O–H groups in total. The summed E-state index contributed by atoms with van der Waals surface area (Å²) in [4.78, 5) is 16.8. The number of hydrogen-bond acceptors (Lipinski definition) is 5. The maximum absolute atomic E-state index is 12.2. The number of aromatic nitrogens is 1. The molecule has 0 bridgehead atoms. The fraction of sp³-hybridized carbons (Fsp3) is 0.130. The predicted molar refractivity (Wildman–Crippen MR) is 119 cm³/mol. The number of halogens is 1. The molecular formula is C23H19BrN2O4. The average Bonchev–Trinajstić information content (AvgIpc) is 3.17. The Bertz CT molecular complexity index is 1200. The molecule has 4 rings (SSSR count). The van der Waals surface area contributed by atoms with Crippen LogP contribution in [0.25, 0.3) is 22.6 Å². The van der Waals surface area contributed by atoms with Crippen molar-refractivity contribution in [1.82, 2.24) is 4.98 Å². The van der Waals surface area contributed by atoms with Gasteiger partial charge in [0.1, 0.15) is 17.0 Å². The van der Waals surface area contributed by atoms with Crippen LogP contribution in [0.5, 0.6) is 11.5 Å². The van der Waals surface area contributed by atoms with Crippen molar-refractivity contribution in [2.75, 3.05) is 19.0 Å². The number of amides is 1. The molecule has 1 amide bonds. The molecule has 30 heavy (non-hydrogen) atoms. The third-order valence-corrected chi connectivity index (χ3v) is 5.08. The van der Waals surface area contributed by atoms with Gasteiger partial charge < -0.3 is 19.2 Å². The SMILES string of the molecule is COc1ccc(-c2nc3cc(NC(=O)COc4ccc(C)cc4)ccc3o2)cc1Br. The van der Waals surface area contributed by atoms with Crippen LogP contribution in [0.3, 0.4) is 0 Å². The third-order valence-electron chi connectivity index (χ3n) is 4.46. The first-order chi connectivity index (χ1) is 14.5. The number of nitrogens with one attached hydrogen (secondary N) is 1. The normalized spacial score (nSPS) is 10.8. The van der Waals surface area contributed by atoms with Crippen molar-refractivity contribution in [2.24, 2.45) is 0 Å². The van der Waals surface area contributed by atoms with Gasteiger partial charge in [0.25, 0.3) is 5.91 Å². The summed E-state index contributed by atoms with van der Waals surface area (Å²) in [6.07, 6.45) is 0. The van der Waals surface area contributed by atoms with Gasteiger partial charge in [-0.05, 0) is 71.4 Å². The number of methoxy groups -OCH3 is 1. The highest BCUT2D eigenvalue weighted by Gasteiger charge is 2.12. The van der Waals surface area contributed by atoms with E-state index < -0.39 is 0 Å². The van der Waals surface area contributed by atoms with Crippen molar-refractivity contribution in [3.63, 3.8) is 0 Å². The quantitative estimate of drug-likeness (QED) is 0.400. The van der Waals surface area contributed by atoms with E-state index in [2.05, 4.69) is 26.2 Å². The van der Waals surface area contributed by atoms with Crippen molar-refractivity contribution >= 4 is 38.6 Å². The number of carbonyl (C=O) groups excluding carboxylic acids is 1. The summed E-state index contributed by atoms with van der Waals surface area (Å²) in [6.45, 7) is 1.92. The predicted octanol–water partition coefficient (Wildman–Crippen LogP) is 5.59. The smallest absolute Gasteiger partial charge is 0.262 e. The fourth-order valence-corrected chi connectivity index (χ4v) is 3.45. The number of aryl methyl sites for hydroxylation is 1. The second-order valence-corrected chi connectivity index (χ2v) is 7.56. The highest BCUT2D eigenvalue weighted by atomic mass is 79.9. The molecule has 1 aromatic heterocycles. The lowest BCUT2D eigenvalue weighted by atomic mass is 10.2. The van der Waals surface area contributed by atoms with Crippen LogP contribution >= 0.6 is 15.9 Å². The molecule has 0 spiro atoms. The first kappa shape index (κ1) is 20.0. The zero-order valence-electron chi connectivity index (χ0n) is 16.4. The molecule has 1 heterocycles. The minimum atomic E-state index is -0.252. The number of ether oxygens (including phenoxy) is 2. The van der Waals surface area contributed by atoms with Crippen LogP contribution < -0.4 is 14.8 Å². The number of hydrogen-bond donors (Lipinski definition) is 1. The summed E-state index contributed by atoms with van der Waals surface area (Å²) in [5, 5.41) is 2.82. The molecule has 0 fully saturated rings. The minimum absolute atomic E-state index is 0.0783. The summed E-state index contributed by atoms with van der Waals surface area (Å²) in [7, 11) is 1.61. The van der Waals surface area contributed by atoms with Gasteiger partial charge in [0.2, 0.25) is 5.89 Å². The molecule has 6 nitrogen and oxygen atoms in total. The Balaban J connectivity index is 1.46. The van der Waals surface area contributed by atoms with E-state index in [1.807, 2.05) is 49.4 Å². The molecule has 152 valence electrons. The number of oxazole rings is 1. The Hall–Kier alpha value is -3.32. The van der Waals surface area contributed by atoms with E-state index in [1.54, 1.807) is 25.3 Å². The van der Waals surface area contributed by atoms with Gasteiger partial charge in [-0.2, -0.15) is 0 Å². The number of rotatable bonds is 6. The molecular weight excluding hydrogens is 448 g/mol. The first-order valence-corrected chi connectivity index (χ1v) is 10.0. The average molecular weight is 467 g/mol. The number of fused-ring (bicyclic) bond motifs is 1. The number of benzene rings is 3. The Morgan fingerprint density at radius 2 is 1.90 bits per heavy atom. The lowest BCUT2D eigenvalue weighted by molar-refractivity contribution is -0.118. The topological polar surface area (TPSA) is 73.6 Å². The zero-order chi connectivity index (χ0) is 21.1. The van der Waals surface area contributed by atoms with Crippen LogP contribution in [0.1, 0.15) is 5.56 Å². The van der Waals surface area contributed by atoms with E-state index in [1.165, 1.54) is 0 Å². The highest BCUT2D eigenvalue weighted by molar-refractivity contribution is 9.10. The van der Waals surface area contributed by atoms with E-state index in [-0.39, 0.29) is 12.5 Å². The van der Waals surface area contributed by atoms with Crippen molar-refractivity contribution in [2.45, 2.75) is 6.92 Å². The molecule has 7 heteroatoms. The van der Waals surface area contributed by atoms with E-state index >= 15 is 0 Å². The molecule has 0 saturated heterocycles. The number of nitrogens with zero attached hydrogens (tertiary/aromatic N) is 1. The first-order valence-electron chi connectivity index (χ1n) is 9.25. The molecule has 0 aliphatic rings. The summed E-state index contributed by atoms with van der Waals surface area (Å²) < 4.78 is 17.4. The largest absolute Gasteiger partial charge is 0.496 e. The van der Waals surface area contributed by atoms with Crippen LogP contribution in [0.2, 0.25) is 0 Å². The fourth-order valence-electron chi connectivity index (χ4n) is 2.91. The Morgan fingerprint density at radius 3 is 2.63 bits per heavy atom. The minimum Gasteiger partial charge on any atom is -0.496 e. The summed E-state index contributed by atoms with van der Waals surface area (Å²) in [5.74, 6) is 1.61. The maximum Gasteiger partial charge on any atom is 0.262 e. The molecule has 0 aliphatic carbocycles. The van der Waals surface area contributed by atoms with Crippen molar-refractivity contribution in [3.05, 3.63) is 70.7 Å². The van der Waals surface area contributed by atoms with Gasteiger partial charge in [0.15, 0.2) is 12.2 Å². The van der Waals surface area contributed by atoms with Crippen LogP contribution in [0, 0.1) is 6.92 Å². The molecule has 4 aromatic rings. The second-order valence-electron chi connectivity index (χ2n) is 6.70. The van der Waals surface area contributed by atoms with Gasteiger partial charge >= 0.3 is 0 Å². The molecule has 3 aromatic carbocycles. The van der Waals surface area contributed by atoms with E-state index in [0.717, 1.165) is 21.3 Å². The standard InChI is InChI=1S/C23H19BrN2O4/c1-14-3-7-17(8-4-14)29-13-22(27)25-16-6-10-21-19(12-16)26-23(30-21)15-5-9-20(28-2)18(24)11-15/h3-12H,13H2,1-2H3,(H,25,27). The van der Waals surface area contributed by atoms with Gasteiger partial charge in [-0.15, -0.1) is 0 Å². The van der Waals surface area contributed by atoms with Crippen molar-refractivity contribution in [1.29, 1.82) is 0 Å². The van der Waals surface area contributed by atoms with Crippen LogP contribution in [-0.4, -0.2) is 24.6 Å². The van der Waals surface area contributed by atoms with Crippen LogP contribution in [0.4, 0.5) is 5.69 Å². The molecule has 0 atom stereocenters. The van der Waals surface area contributed by atoms with Crippen molar-refractivity contribution < 1.29 is 18.7 Å². The summed E-state index contributed by atoms with van der Waals surface area (Å²) in [6, 6.07) is 18.5. The number of anilines is 1. The van der Waals surface area contributed by atoms with Gasteiger partial charge in [0, 0.05) is 11.3 Å². The van der Waals surface area contributed by atoms with E-state index in [4.69, 9.17) is 13.9 Å². The molecule has 0 radical (unpaired) electrons. The zero-order valence-corrected chi connectivity index (χ0v) is 18.0. The van der Waals surface area contributed by atoms with E-state index in [0.29, 0.717) is 28.4 Å². The van der Waals surface area contributed by atoms with Crippen molar-refractivity contribution in [3.8, 4) is 23.0 Å². The Labute approximate surface area is 182 Å². The molecule has 0 aliphatic heterocycles. The second kappa shape index (κ2) is 8.59. The maximum atomic E-state index is 12.2. The van der Waals surface area contributed by atoms with E-state index in [9.17, 15) is 4.79 Å². The van der Waals surface area contributed by atoms with Gasteiger partial charge in [-0.25, -0.2) is 4.98 Å². The third kappa shape index (κ3) is 4.46. The number of carbonyl (C=O) groups is 1. The monoisotopic (exact) mass is 466 g/mol. The van der Waals surface area contributed by atoms with Crippen LogP contribution in [-0.2, 0) is 4.79 Å². The van der Waals surface area contributed by atoms with Gasteiger partial charge in [-0.1, -0.05) is 17.7 Å². The molecule has 0 saturated carbocycles. The highest BCUT2D eigenvalue weighted by Crippen LogP contribution is 2.32. The van der Waals surface area contributed by atoms with Crippen LogP contribution in [0.15, 0.2) is 69.6 Å². The summed E-state index contributed by atoms with van der Waals surface area (Å²) >= 11 is 3.47.